The zero-order valence-corrected chi connectivity index (χ0v) is 18.5. The van der Waals surface area contributed by atoms with E-state index in [4.69, 9.17) is 9.97 Å². The van der Waals surface area contributed by atoms with E-state index < -0.39 is 8.22 Å². The van der Waals surface area contributed by atoms with Crippen molar-refractivity contribution < 1.29 is 0 Å². The molecule has 2 aliphatic heterocycles. The van der Waals surface area contributed by atoms with E-state index in [9.17, 15) is 0 Å². The Morgan fingerprint density at radius 2 is 1.24 bits per heavy atom. The highest BCUT2D eigenvalue weighted by molar-refractivity contribution is 7.57. The smallest absolute Gasteiger partial charge is 0.0727 e. The van der Waals surface area contributed by atoms with Crippen LogP contribution in [0.5, 0.6) is 0 Å². The van der Waals surface area contributed by atoms with Crippen molar-refractivity contribution in [2.45, 2.75) is 51.9 Å². The molecule has 2 saturated heterocycles. The molecule has 0 aromatic carbocycles. The summed E-state index contributed by atoms with van der Waals surface area (Å²) in [7, 11) is -0.481. The SMILES string of the molecule is CCC(=C(c1ccccn1)c1ccccn1)P(N1CCCCC1)N1CCCCC1. The number of allylic oxidation sites excluding steroid dienone is 1. The number of hydrogen-bond donors (Lipinski definition) is 0. The van der Waals surface area contributed by atoms with Crippen LogP contribution in [0, 0.1) is 0 Å². The molecule has 4 heterocycles. The Labute approximate surface area is 176 Å². The van der Waals surface area contributed by atoms with E-state index in [-0.39, 0.29) is 0 Å². The molecule has 2 aromatic rings. The Kier molecular flexibility index (Phi) is 7.43. The molecule has 0 atom stereocenters. The van der Waals surface area contributed by atoms with Crippen molar-refractivity contribution in [3.8, 4) is 0 Å². The number of aromatic nitrogens is 2. The fraction of sp³-hybridized carbons (Fsp3) is 0.500. The summed E-state index contributed by atoms with van der Waals surface area (Å²) in [5, 5.41) is 1.54. The summed E-state index contributed by atoms with van der Waals surface area (Å²) >= 11 is 0. The van der Waals surface area contributed by atoms with Gasteiger partial charge in [0.2, 0.25) is 0 Å². The quantitative estimate of drug-likeness (QED) is 0.555. The van der Waals surface area contributed by atoms with Crippen LogP contribution in [-0.4, -0.2) is 45.5 Å². The fourth-order valence-electron chi connectivity index (χ4n) is 4.52. The Morgan fingerprint density at radius 3 is 1.62 bits per heavy atom. The second-order valence-corrected chi connectivity index (χ2v) is 10.2. The van der Waals surface area contributed by atoms with E-state index in [1.165, 1.54) is 70.3 Å². The van der Waals surface area contributed by atoms with Crippen molar-refractivity contribution in [1.82, 2.24) is 19.3 Å². The Hall–Kier alpha value is -1.61. The summed E-state index contributed by atoms with van der Waals surface area (Å²) < 4.78 is 5.60. The fourth-order valence-corrected chi connectivity index (χ4v) is 7.60. The third-order valence-corrected chi connectivity index (χ3v) is 8.80. The lowest BCUT2D eigenvalue weighted by molar-refractivity contribution is 0.313. The molecule has 0 radical (unpaired) electrons. The molecule has 0 saturated carbocycles. The highest BCUT2D eigenvalue weighted by atomic mass is 31.1. The summed E-state index contributed by atoms with van der Waals surface area (Å²) in [6.07, 6.45) is 12.9. The third-order valence-electron chi connectivity index (χ3n) is 5.91. The molecule has 4 rings (SSSR count). The second kappa shape index (κ2) is 10.4. The van der Waals surface area contributed by atoms with Crippen LogP contribution < -0.4 is 0 Å². The molecule has 2 aliphatic rings. The van der Waals surface area contributed by atoms with Gasteiger partial charge in [-0.25, -0.2) is 0 Å². The molecule has 4 nitrogen and oxygen atoms in total. The van der Waals surface area contributed by atoms with E-state index in [1.54, 1.807) is 5.31 Å². The van der Waals surface area contributed by atoms with E-state index in [1.807, 2.05) is 24.5 Å². The molecule has 0 amide bonds. The first-order valence-electron chi connectivity index (χ1n) is 11.2. The van der Waals surface area contributed by atoms with Crippen molar-refractivity contribution in [2.75, 3.05) is 26.2 Å². The van der Waals surface area contributed by atoms with Gasteiger partial charge in [0.1, 0.15) is 0 Å². The maximum atomic E-state index is 4.77. The predicted octanol–water partition coefficient (Wildman–Crippen LogP) is 5.93. The molecular weight excluding hydrogens is 375 g/mol. The topological polar surface area (TPSA) is 32.3 Å². The average molecular weight is 409 g/mol. The van der Waals surface area contributed by atoms with Gasteiger partial charge in [0.05, 0.1) is 19.6 Å². The first-order chi connectivity index (χ1) is 14.4. The van der Waals surface area contributed by atoms with Gasteiger partial charge < -0.3 is 0 Å². The Morgan fingerprint density at radius 1 is 0.759 bits per heavy atom. The first kappa shape index (κ1) is 20.7. The third kappa shape index (κ3) is 4.94. The maximum absolute atomic E-state index is 4.77. The number of pyridine rings is 2. The summed E-state index contributed by atoms with van der Waals surface area (Å²) in [6.45, 7) is 7.23. The standard InChI is InChI=1S/C24H33N4P/c1-2-23(24(21-13-5-7-15-25-21)22-14-6-8-16-26-22)29(27-17-9-3-10-18-27)28-19-11-4-12-20-28/h5-8,13-16H,2-4,9-12,17-20H2,1H3. The zero-order valence-electron chi connectivity index (χ0n) is 17.6. The van der Waals surface area contributed by atoms with Crippen molar-refractivity contribution in [3.05, 3.63) is 65.5 Å². The summed E-state index contributed by atoms with van der Waals surface area (Å²) in [6, 6.07) is 12.5. The van der Waals surface area contributed by atoms with Gasteiger partial charge in [-0.3, -0.25) is 19.3 Å². The highest BCUT2D eigenvalue weighted by Crippen LogP contribution is 2.57. The number of piperidine rings is 2. The predicted molar refractivity (Wildman–Crippen MR) is 123 cm³/mol. The summed E-state index contributed by atoms with van der Waals surface area (Å²) in [4.78, 5) is 9.54. The molecule has 0 N–H and O–H groups in total. The van der Waals surface area contributed by atoms with Crippen LogP contribution in [0.2, 0.25) is 0 Å². The van der Waals surface area contributed by atoms with Crippen LogP contribution in [0.25, 0.3) is 5.57 Å². The number of nitrogens with zero attached hydrogens (tertiary/aromatic N) is 4. The highest BCUT2D eigenvalue weighted by Gasteiger charge is 2.32. The van der Waals surface area contributed by atoms with Crippen LogP contribution in [0.1, 0.15) is 63.3 Å². The molecule has 0 bridgehead atoms. The summed E-state index contributed by atoms with van der Waals surface area (Å²) in [5.41, 5.74) is 3.38. The van der Waals surface area contributed by atoms with E-state index >= 15 is 0 Å². The van der Waals surface area contributed by atoms with Crippen molar-refractivity contribution in [1.29, 1.82) is 0 Å². The molecule has 29 heavy (non-hydrogen) atoms. The van der Waals surface area contributed by atoms with Crippen LogP contribution in [0.3, 0.4) is 0 Å². The minimum absolute atomic E-state index is 0.481. The second-order valence-electron chi connectivity index (χ2n) is 7.92. The van der Waals surface area contributed by atoms with Crippen molar-refractivity contribution in [3.63, 3.8) is 0 Å². The normalized spacial score (nSPS) is 18.7. The maximum Gasteiger partial charge on any atom is 0.0727 e. The molecule has 5 heteroatoms. The molecular formula is C24H33N4P. The van der Waals surface area contributed by atoms with Crippen molar-refractivity contribution >= 4 is 13.8 Å². The van der Waals surface area contributed by atoms with Gasteiger partial charge in [-0.2, -0.15) is 0 Å². The lowest BCUT2D eigenvalue weighted by Crippen LogP contribution is -2.36. The van der Waals surface area contributed by atoms with E-state index in [0.717, 1.165) is 17.8 Å². The van der Waals surface area contributed by atoms with Crippen LogP contribution in [-0.2, 0) is 0 Å². The van der Waals surface area contributed by atoms with Gasteiger partial charge in [-0.05, 0) is 61.7 Å². The Bertz CT molecular complexity index is 722. The zero-order chi connectivity index (χ0) is 19.9. The van der Waals surface area contributed by atoms with Crippen molar-refractivity contribution in [2.24, 2.45) is 0 Å². The first-order valence-corrected chi connectivity index (χ1v) is 12.5. The van der Waals surface area contributed by atoms with Crippen LogP contribution in [0.15, 0.2) is 54.1 Å². The summed E-state index contributed by atoms with van der Waals surface area (Å²) in [5.74, 6) is 0. The lowest BCUT2D eigenvalue weighted by Gasteiger charge is -2.44. The molecule has 0 unspecified atom stereocenters. The minimum Gasteiger partial charge on any atom is -0.266 e. The van der Waals surface area contributed by atoms with Gasteiger partial charge in [0.25, 0.3) is 0 Å². The van der Waals surface area contributed by atoms with Gasteiger partial charge in [-0.15, -0.1) is 0 Å². The van der Waals surface area contributed by atoms with Gasteiger partial charge >= 0.3 is 0 Å². The molecule has 0 spiro atoms. The molecule has 2 aromatic heterocycles. The van der Waals surface area contributed by atoms with E-state index in [2.05, 4.69) is 40.5 Å². The molecule has 154 valence electrons. The lowest BCUT2D eigenvalue weighted by atomic mass is 10.1. The largest absolute Gasteiger partial charge is 0.266 e. The Balaban J connectivity index is 1.85. The van der Waals surface area contributed by atoms with Crippen LogP contribution in [0.4, 0.5) is 0 Å². The monoisotopic (exact) mass is 408 g/mol. The average Bonchev–Trinajstić information content (AvgIpc) is 2.81. The molecule has 0 aliphatic carbocycles. The number of hydrogen-bond acceptors (Lipinski definition) is 4. The van der Waals surface area contributed by atoms with Gasteiger partial charge in [-0.1, -0.05) is 31.9 Å². The van der Waals surface area contributed by atoms with E-state index in [0.29, 0.717) is 0 Å². The van der Waals surface area contributed by atoms with Gasteiger partial charge in [0, 0.05) is 44.1 Å². The van der Waals surface area contributed by atoms with Crippen LogP contribution >= 0.6 is 8.22 Å². The minimum atomic E-state index is -0.481. The molecule has 2 fully saturated rings. The van der Waals surface area contributed by atoms with Gasteiger partial charge in [0.15, 0.2) is 0 Å². The number of rotatable bonds is 6.